The summed E-state index contributed by atoms with van der Waals surface area (Å²) in [5.74, 6) is -1.16. The molecule has 17 heavy (non-hydrogen) atoms. The predicted molar refractivity (Wildman–Crippen MR) is 62.1 cm³/mol. The van der Waals surface area contributed by atoms with Crippen molar-refractivity contribution in [1.82, 2.24) is 9.97 Å². The van der Waals surface area contributed by atoms with Gasteiger partial charge in [0.15, 0.2) is 5.82 Å². The number of hydrogen-bond donors (Lipinski definition) is 3. The highest BCUT2D eigenvalue weighted by molar-refractivity contribution is 6.28. The van der Waals surface area contributed by atoms with E-state index in [-0.39, 0.29) is 29.9 Å². The third-order valence-corrected chi connectivity index (χ3v) is 1.94. The minimum absolute atomic E-state index is 0.0619. The first-order valence-electron chi connectivity index (χ1n) is 4.49. The maximum absolute atomic E-state index is 10.9. The molecule has 1 aromatic heterocycles. The molecule has 0 radical (unpaired) electrons. The van der Waals surface area contributed by atoms with Crippen LogP contribution in [-0.2, 0) is 9.59 Å². The quantitative estimate of drug-likeness (QED) is 0.548. The number of nitrogens with zero attached hydrogens (tertiary/aromatic N) is 3. The van der Waals surface area contributed by atoms with Crippen molar-refractivity contribution in [2.45, 2.75) is 0 Å². The molecular formula is C8H11ClN6O2. The topological polar surface area (TPSA) is 141 Å². The number of rotatable bonds is 5. The standard InChI is InChI=1S/C8H11ClN6O2/c9-8-13-1-4(10)7(14-8)15(2-5(11)16)3-6(12)17/h1H,2-3,10H2,(H2,11,16)(H2,12,17). The summed E-state index contributed by atoms with van der Waals surface area (Å²) in [5, 5.41) is -0.0619. The molecule has 0 saturated carbocycles. The van der Waals surface area contributed by atoms with E-state index in [2.05, 4.69) is 9.97 Å². The van der Waals surface area contributed by atoms with Gasteiger partial charge in [-0.25, -0.2) is 4.98 Å². The van der Waals surface area contributed by atoms with Gasteiger partial charge >= 0.3 is 0 Å². The van der Waals surface area contributed by atoms with Crippen LogP contribution in [0.4, 0.5) is 11.5 Å². The summed E-state index contributed by atoms with van der Waals surface area (Å²) < 4.78 is 0. The molecule has 1 aromatic rings. The largest absolute Gasteiger partial charge is 0.394 e. The zero-order valence-electron chi connectivity index (χ0n) is 8.76. The van der Waals surface area contributed by atoms with Gasteiger partial charge in [-0.3, -0.25) is 9.59 Å². The maximum Gasteiger partial charge on any atom is 0.237 e. The summed E-state index contributed by atoms with van der Waals surface area (Å²) in [4.78, 5) is 30.4. The molecule has 0 unspecified atom stereocenters. The highest BCUT2D eigenvalue weighted by Crippen LogP contribution is 2.20. The van der Waals surface area contributed by atoms with Crippen molar-refractivity contribution in [3.05, 3.63) is 11.5 Å². The summed E-state index contributed by atoms with van der Waals surface area (Å²) >= 11 is 5.60. The first-order valence-corrected chi connectivity index (χ1v) is 4.87. The minimum Gasteiger partial charge on any atom is -0.394 e. The third-order valence-electron chi connectivity index (χ3n) is 1.76. The van der Waals surface area contributed by atoms with Gasteiger partial charge in [-0.1, -0.05) is 0 Å². The van der Waals surface area contributed by atoms with E-state index in [1.165, 1.54) is 11.1 Å². The highest BCUT2D eigenvalue weighted by atomic mass is 35.5. The molecule has 0 aliphatic carbocycles. The van der Waals surface area contributed by atoms with Gasteiger partial charge in [0.1, 0.15) is 0 Å². The molecule has 6 N–H and O–H groups in total. The lowest BCUT2D eigenvalue weighted by Crippen LogP contribution is -2.40. The SMILES string of the molecule is NC(=O)CN(CC(N)=O)c1nc(Cl)ncc1N. The zero-order valence-corrected chi connectivity index (χ0v) is 9.52. The van der Waals surface area contributed by atoms with Gasteiger partial charge in [-0.2, -0.15) is 4.98 Å². The molecule has 0 atom stereocenters. The Labute approximate surface area is 102 Å². The lowest BCUT2D eigenvalue weighted by Gasteiger charge is -2.21. The summed E-state index contributed by atoms with van der Waals surface area (Å²) in [6, 6.07) is 0. The Kier molecular flexibility index (Phi) is 4.05. The van der Waals surface area contributed by atoms with Crippen molar-refractivity contribution >= 4 is 34.9 Å². The summed E-state index contributed by atoms with van der Waals surface area (Å²) in [6.07, 6.45) is 1.26. The predicted octanol–water partition coefficient (Wildman–Crippen LogP) is -1.51. The number of anilines is 2. The first kappa shape index (κ1) is 13.0. The minimum atomic E-state index is -0.652. The molecule has 8 nitrogen and oxygen atoms in total. The van der Waals surface area contributed by atoms with Crippen molar-refractivity contribution in [3.63, 3.8) is 0 Å². The Balaban J connectivity index is 3.06. The van der Waals surface area contributed by atoms with Crippen LogP contribution in [-0.4, -0.2) is 34.9 Å². The van der Waals surface area contributed by atoms with Gasteiger partial charge in [0.25, 0.3) is 0 Å². The molecule has 9 heteroatoms. The van der Waals surface area contributed by atoms with Crippen molar-refractivity contribution in [3.8, 4) is 0 Å². The third kappa shape index (κ3) is 3.76. The van der Waals surface area contributed by atoms with Crippen molar-refractivity contribution in [2.24, 2.45) is 11.5 Å². The number of aromatic nitrogens is 2. The van der Waals surface area contributed by atoms with E-state index in [0.29, 0.717) is 0 Å². The first-order chi connectivity index (χ1) is 7.90. The fourth-order valence-electron chi connectivity index (χ4n) is 1.20. The van der Waals surface area contributed by atoms with E-state index < -0.39 is 11.8 Å². The van der Waals surface area contributed by atoms with Crippen LogP contribution >= 0.6 is 11.6 Å². The average molecular weight is 259 g/mol. The van der Waals surface area contributed by atoms with Crippen LogP contribution in [0.15, 0.2) is 6.20 Å². The molecule has 2 amide bonds. The molecule has 0 bridgehead atoms. The Bertz CT molecular complexity index is 436. The van der Waals surface area contributed by atoms with Crippen molar-refractivity contribution in [1.29, 1.82) is 0 Å². The van der Waals surface area contributed by atoms with E-state index in [4.69, 9.17) is 28.8 Å². The number of carbonyl (C=O) groups excluding carboxylic acids is 2. The summed E-state index contributed by atoms with van der Waals surface area (Å²) in [7, 11) is 0. The average Bonchev–Trinajstić information content (AvgIpc) is 2.19. The number of amides is 2. The Morgan fingerprint density at radius 1 is 1.29 bits per heavy atom. The van der Waals surface area contributed by atoms with Crippen molar-refractivity contribution in [2.75, 3.05) is 23.7 Å². The second-order valence-corrected chi connectivity index (χ2v) is 3.54. The van der Waals surface area contributed by atoms with Gasteiger partial charge in [0.2, 0.25) is 17.1 Å². The van der Waals surface area contributed by atoms with E-state index >= 15 is 0 Å². The normalized spacial score (nSPS) is 9.94. The second-order valence-electron chi connectivity index (χ2n) is 3.21. The molecule has 0 spiro atoms. The lowest BCUT2D eigenvalue weighted by atomic mass is 10.4. The molecular weight excluding hydrogens is 248 g/mol. The lowest BCUT2D eigenvalue weighted by molar-refractivity contribution is -0.117. The molecule has 1 rings (SSSR count). The molecule has 1 heterocycles. The molecule has 92 valence electrons. The number of hydrogen-bond acceptors (Lipinski definition) is 6. The number of primary amides is 2. The van der Waals surface area contributed by atoms with Crippen LogP contribution in [0.1, 0.15) is 0 Å². The fourth-order valence-corrected chi connectivity index (χ4v) is 1.33. The number of halogens is 1. The highest BCUT2D eigenvalue weighted by Gasteiger charge is 2.17. The van der Waals surface area contributed by atoms with Gasteiger partial charge in [-0.05, 0) is 11.6 Å². The van der Waals surface area contributed by atoms with Crippen LogP contribution < -0.4 is 22.1 Å². The molecule has 0 aromatic carbocycles. The van der Waals surface area contributed by atoms with E-state index in [1.54, 1.807) is 0 Å². The fraction of sp³-hybridized carbons (Fsp3) is 0.250. The maximum atomic E-state index is 10.9. The smallest absolute Gasteiger partial charge is 0.237 e. The van der Waals surface area contributed by atoms with E-state index in [1.807, 2.05) is 0 Å². The second kappa shape index (κ2) is 5.30. The van der Waals surface area contributed by atoms with Gasteiger partial charge < -0.3 is 22.1 Å². The van der Waals surface area contributed by atoms with Crippen molar-refractivity contribution < 1.29 is 9.59 Å². The Morgan fingerprint density at radius 3 is 2.29 bits per heavy atom. The Hall–Kier alpha value is -2.09. The Morgan fingerprint density at radius 2 is 1.82 bits per heavy atom. The molecule has 0 fully saturated rings. The van der Waals surface area contributed by atoms with Crippen LogP contribution in [0.2, 0.25) is 5.28 Å². The summed E-state index contributed by atoms with van der Waals surface area (Å²) in [6.45, 7) is -0.499. The van der Waals surface area contributed by atoms with Crippen LogP contribution in [0.5, 0.6) is 0 Å². The zero-order chi connectivity index (χ0) is 13.0. The van der Waals surface area contributed by atoms with E-state index in [0.717, 1.165) is 0 Å². The molecule has 0 aliphatic rings. The summed E-state index contributed by atoms with van der Waals surface area (Å²) in [5.41, 5.74) is 15.9. The van der Waals surface area contributed by atoms with E-state index in [9.17, 15) is 9.59 Å². The number of nitrogen functional groups attached to an aromatic ring is 1. The van der Waals surface area contributed by atoms with Gasteiger partial charge in [0.05, 0.1) is 25.0 Å². The van der Waals surface area contributed by atoms with Crippen LogP contribution in [0.3, 0.4) is 0 Å². The molecule has 0 aliphatic heterocycles. The van der Waals surface area contributed by atoms with Crippen LogP contribution in [0, 0.1) is 0 Å². The van der Waals surface area contributed by atoms with Crippen LogP contribution in [0.25, 0.3) is 0 Å². The number of nitrogens with two attached hydrogens (primary N) is 3. The molecule has 0 saturated heterocycles. The monoisotopic (exact) mass is 258 g/mol. The number of carbonyl (C=O) groups is 2. The van der Waals surface area contributed by atoms with Gasteiger partial charge in [0, 0.05) is 0 Å². The van der Waals surface area contributed by atoms with Gasteiger partial charge in [-0.15, -0.1) is 0 Å².